The van der Waals surface area contributed by atoms with E-state index in [1.807, 2.05) is 25.7 Å². The lowest BCUT2D eigenvalue weighted by Crippen LogP contribution is -2.47. The van der Waals surface area contributed by atoms with Gasteiger partial charge in [0, 0.05) is 18.1 Å². The molecule has 0 bridgehead atoms. The molecule has 1 saturated heterocycles. The van der Waals surface area contributed by atoms with Crippen molar-refractivity contribution in [2.45, 2.75) is 63.6 Å². The van der Waals surface area contributed by atoms with Crippen LogP contribution in [0.4, 0.5) is 4.79 Å². The number of nitrogens with two attached hydrogens (primary N) is 1. The molecule has 1 amide bonds. The maximum Gasteiger partial charge on any atom is 0.411 e. The lowest BCUT2D eigenvalue weighted by atomic mass is 10.2. The van der Waals surface area contributed by atoms with E-state index in [1.165, 1.54) is 0 Å². The summed E-state index contributed by atoms with van der Waals surface area (Å²) >= 11 is 0. The summed E-state index contributed by atoms with van der Waals surface area (Å²) in [6.45, 7) is 6.25. The van der Waals surface area contributed by atoms with E-state index in [0.29, 0.717) is 6.54 Å². The third-order valence-corrected chi connectivity index (χ3v) is 3.51. The molecule has 0 aromatic heterocycles. The van der Waals surface area contributed by atoms with Gasteiger partial charge in [0.15, 0.2) is 0 Å². The van der Waals surface area contributed by atoms with Gasteiger partial charge in [-0.25, -0.2) is 4.79 Å². The third kappa shape index (κ3) is 2.03. The monoisotopic (exact) mass is 226 g/mol. The molecule has 16 heavy (non-hydrogen) atoms. The lowest BCUT2D eigenvalue weighted by Gasteiger charge is -2.32. The number of carbonyl (C=O) groups excluding carboxylic acids is 1. The summed E-state index contributed by atoms with van der Waals surface area (Å²) < 4.78 is 5.46. The molecule has 2 aliphatic rings. The van der Waals surface area contributed by atoms with Crippen LogP contribution < -0.4 is 5.73 Å². The van der Waals surface area contributed by atoms with Gasteiger partial charge in [0.25, 0.3) is 0 Å². The Morgan fingerprint density at radius 1 is 1.44 bits per heavy atom. The van der Waals surface area contributed by atoms with Gasteiger partial charge in [0.1, 0.15) is 5.60 Å². The molecule has 4 nitrogen and oxygen atoms in total. The third-order valence-electron chi connectivity index (χ3n) is 3.51. The van der Waals surface area contributed by atoms with Gasteiger partial charge in [-0.3, -0.25) is 4.90 Å². The van der Waals surface area contributed by atoms with Crippen molar-refractivity contribution in [2.75, 3.05) is 6.54 Å². The normalized spacial score (nSPS) is 27.2. The van der Waals surface area contributed by atoms with Crippen LogP contribution in [0.1, 0.15) is 46.5 Å². The fraction of sp³-hybridized carbons (Fsp3) is 0.917. The molecule has 1 heterocycles. The predicted octanol–water partition coefficient (Wildman–Crippen LogP) is 1.88. The molecular formula is C12H22N2O2. The van der Waals surface area contributed by atoms with Crippen molar-refractivity contribution < 1.29 is 9.53 Å². The number of likely N-dealkylation sites (tertiary alicyclic amines) is 1. The van der Waals surface area contributed by atoms with Crippen LogP contribution in [0.2, 0.25) is 0 Å². The van der Waals surface area contributed by atoms with Crippen molar-refractivity contribution >= 4 is 6.09 Å². The van der Waals surface area contributed by atoms with Crippen LogP contribution in [-0.4, -0.2) is 34.7 Å². The molecule has 1 saturated carbocycles. The SMILES string of the molecule is CC(C)(C)OC(=O)N1[C@@H](CN)CCC12CC2. The number of hydrogen-bond acceptors (Lipinski definition) is 3. The highest BCUT2D eigenvalue weighted by atomic mass is 16.6. The van der Waals surface area contributed by atoms with Gasteiger partial charge >= 0.3 is 6.09 Å². The molecule has 2 rings (SSSR count). The second kappa shape index (κ2) is 3.62. The minimum absolute atomic E-state index is 0.104. The standard InChI is InChI=1S/C12H22N2O2/c1-11(2,3)16-10(15)14-9(8-13)4-5-12(14)6-7-12/h9H,4-8,13H2,1-3H3/t9-/m1/s1. The highest BCUT2D eigenvalue weighted by molar-refractivity contribution is 5.71. The first kappa shape index (κ1) is 11.7. The smallest absolute Gasteiger partial charge is 0.411 e. The van der Waals surface area contributed by atoms with Gasteiger partial charge < -0.3 is 10.5 Å². The molecule has 1 spiro atoms. The Balaban J connectivity index is 2.08. The van der Waals surface area contributed by atoms with Crippen LogP contribution in [0.3, 0.4) is 0 Å². The number of rotatable bonds is 1. The quantitative estimate of drug-likeness (QED) is 0.742. The molecule has 1 atom stereocenters. The summed E-state index contributed by atoms with van der Waals surface area (Å²) in [6, 6.07) is 0.178. The van der Waals surface area contributed by atoms with E-state index in [9.17, 15) is 4.79 Å². The molecule has 0 aromatic rings. The van der Waals surface area contributed by atoms with Crippen molar-refractivity contribution in [1.82, 2.24) is 4.90 Å². The maximum absolute atomic E-state index is 12.1. The van der Waals surface area contributed by atoms with Crippen molar-refractivity contribution in [3.8, 4) is 0 Å². The number of amides is 1. The zero-order valence-electron chi connectivity index (χ0n) is 10.5. The summed E-state index contributed by atoms with van der Waals surface area (Å²) in [5, 5.41) is 0. The highest BCUT2D eigenvalue weighted by Gasteiger charge is 2.57. The van der Waals surface area contributed by atoms with Crippen molar-refractivity contribution in [1.29, 1.82) is 0 Å². The Hall–Kier alpha value is -0.770. The molecule has 1 aliphatic carbocycles. The van der Waals surface area contributed by atoms with E-state index >= 15 is 0 Å². The number of nitrogens with zero attached hydrogens (tertiary/aromatic N) is 1. The maximum atomic E-state index is 12.1. The van der Waals surface area contributed by atoms with Gasteiger partial charge in [-0.2, -0.15) is 0 Å². The molecule has 0 aromatic carbocycles. The molecule has 2 fully saturated rings. The second-order valence-corrected chi connectivity index (χ2v) is 6.00. The molecular weight excluding hydrogens is 204 g/mol. The van der Waals surface area contributed by atoms with Gasteiger partial charge in [0.2, 0.25) is 0 Å². The topological polar surface area (TPSA) is 55.6 Å². The summed E-state index contributed by atoms with van der Waals surface area (Å²) in [7, 11) is 0. The van der Waals surface area contributed by atoms with E-state index in [0.717, 1.165) is 25.7 Å². The first-order chi connectivity index (χ1) is 7.38. The Bertz CT molecular complexity index is 292. The second-order valence-electron chi connectivity index (χ2n) is 6.00. The minimum atomic E-state index is -0.422. The first-order valence-electron chi connectivity index (χ1n) is 6.10. The van der Waals surface area contributed by atoms with Gasteiger partial charge in [-0.05, 0) is 46.5 Å². The largest absolute Gasteiger partial charge is 0.444 e. The minimum Gasteiger partial charge on any atom is -0.444 e. The first-order valence-corrected chi connectivity index (χ1v) is 6.10. The fourth-order valence-corrected chi connectivity index (χ4v) is 2.58. The molecule has 0 unspecified atom stereocenters. The predicted molar refractivity (Wildman–Crippen MR) is 62.1 cm³/mol. The number of hydrogen-bond donors (Lipinski definition) is 1. The highest BCUT2D eigenvalue weighted by Crippen LogP contribution is 2.52. The molecule has 2 N–H and O–H groups in total. The Morgan fingerprint density at radius 2 is 2.06 bits per heavy atom. The van der Waals surface area contributed by atoms with Gasteiger partial charge in [-0.15, -0.1) is 0 Å². The van der Waals surface area contributed by atoms with Crippen LogP contribution in [0.15, 0.2) is 0 Å². The molecule has 4 heteroatoms. The number of carbonyl (C=O) groups is 1. The number of ether oxygens (including phenoxy) is 1. The zero-order valence-corrected chi connectivity index (χ0v) is 10.5. The van der Waals surface area contributed by atoms with Crippen LogP contribution in [-0.2, 0) is 4.74 Å². The van der Waals surface area contributed by atoms with Crippen LogP contribution in [0, 0.1) is 0 Å². The van der Waals surface area contributed by atoms with Gasteiger partial charge in [-0.1, -0.05) is 0 Å². The zero-order chi connectivity index (χ0) is 12.0. The van der Waals surface area contributed by atoms with E-state index < -0.39 is 5.60 Å². The van der Waals surface area contributed by atoms with Crippen molar-refractivity contribution in [3.63, 3.8) is 0 Å². The van der Waals surface area contributed by atoms with Gasteiger partial charge in [0.05, 0.1) is 0 Å². The fourth-order valence-electron chi connectivity index (χ4n) is 2.58. The summed E-state index contributed by atoms with van der Waals surface area (Å²) in [5.41, 5.74) is 5.41. The van der Waals surface area contributed by atoms with Crippen LogP contribution in [0.25, 0.3) is 0 Å². The molecule has 0 radical (unpaired) electrons. The molecule has 1 aliphatic heterocycles. The Morgan fingerprint density at radius 3 is 2.50 bits per heavy atom. The Labute approximate surface area is 97.1 Å². The van der Waals surface area contributed by atoms with Crippen molar-refractivity contribution in [2.24, 2.45) is 5.73 Å². The molecule has 92 valence electrons. The van der Waals surface area contributed by atoms with E-state index in [1.54, 1.807) is 0 Å². The van der Waals surface area contributed by atoms with E-state index in [2.05, 4.69) is 0 Å². The summed E-state index contributed by atoms with van der Waals surface area (Å²) in [6.07, 6.45) is 4.16. The lowest BCUT2D eigenvalue weighted by molar-refractivity contribution is 0.0126. The van der Waals surface area contributed by atoms with Crippen LogP contribution >= 0.6 is 0 Å². The Kier molecular flexibility index (Phi) is 2.65. The van der Waals surface area contributed by atoms with E-state index in [-0.39, 0.29) is 17.7 Å². The van der Waals surface area contributed by atoms with E-state index in [4.69, 9.17) is 10.5 Å². The average molecular weight is 226 g/mol. The average Bonchev–Trinajstić information content (AvgIpc) is 2.76. The van der Waals surface area contributed by atoms with Crippen LogP contribution in [0.5, 0.6) is 0 Å². The summed E-state index contributed by atoms with van der Waals surface area (Å²) in [4.78, 5) is 14.0. The van der Waals surface area contributed by atoms with Crippen molar-refractivity contribution in [3.05, 3.63) is 0 Å². The summed E-state index contributed by atoms with van der Waals surface area (Å²) in [5.74, 6) is 0.